The fraction of sp³-hybridized carbons (Fsp3) is 0.353. The highest BCUT2D eigenvalue weighted by molar-refractivity contribution is 7.15. The lowest BCUT2D eigenvalue weighted by molar-refractivity contribution is -0.122. The van der Waals surface area contributed by atoms with E-state index < -0.39 is 17.8 Å². The van der Waals surface area contributed by atoms with Gasteiger partial charge in [-0.1, -0.05) is 18.2 Å². The van der Waals surface area contributed by atoms with E-state index in [2.05, 4.69) is 4.98 Å². The van der Waals surface area contributed by atoms with Gasteiger partial charge in [-0.15, -0.1) is 11.3 Å². The zero-order chi connectivity index (χ0) is 17.0. The maximum absolute atomic E-state index is 14.2. The lowest BCUT2D eigenvalue weighted by atomic mass is 10.1. The van der Waals surface area contributed by atoms with Gasteiger partial charge in [0, 0.05) is 12.1 Å². The van der Waals surface area contributed by atoms with Gasteiger partial charge >= 0.3 is 0 Å². The van der Waals surface area contributed by atoms with E-state index in [0.717, 1.165) is 6.42 Å². The van der Waals surface area contributed by atoms with Crippen LogP contribution in [0.3, 0.4) is 0 Å². The average molecular weight is 345 g/mol. The molecule has 1 saturated carbocycles. The minimum Gasteiger partial charge on any atom is -0.368 e. The number of fused-ring (bicyclic) bond motifs is 1. The summed E-state index contributed by atoms with van der Waals surface area (Å²) in [6, 6.07) is 5.74. The van der Waals surface area contributed by atoms with E-state index in [0.29, 0.717) is 27.9 Å². The fourth-order valence-electron chi connectivity index (χ4n) is 3.57. The molecular formula is C17H16FN3O2S. The van der Waals surface area contributed by atoms with Crippen LogP contribution < -0.4 is 5.73 Å². The topological polar surface area (TPSA) is 76.3 Å². The molecule has 2 aliphatic rings. The van der Waals surface area contributed by atoms with Crippen LogP contribution >= 0.6 is 11.3 Å². The first kappa shape index (κ1) is 15.3. The molecule has 1 aromatic carbocycles. The van der Waals surface area contributed by atoms with Gasteiger partial charge in [0.05, 0.1) is 9.88 Å². The number of aryl methyl sites for hydroxylation is 1. The third-order valence-corrected chi connectivity index (χ3v) is 5.76. The highest BCUT2D eigenvalue weighted by Crippen LogP contribution is 2.50. The molecule has 2 N–H and O–H groups in total. The van der Waals surface area contributed by atoms with Crippen molar-refractivity contribution >= 4 is 23.2 Å². The number of likely N-dealkylation sites (tertiary alicyclic amines) is 1. The molecule has 0 spiro atoms. The predicted molar refractivity (Wildman–Crippen MR) is 87.9 cm³/mol. The Bertz CT molecular complexity index is 850. The quantitative estimate of drug-likeness (QED) is 0.926. The molecule has 2 aromatic rings. The summed E-state index contributed by atoms with van der Waals surface area (Å²) in [5.74, 6) is -0.696. The number of carbonyl (C=O) groups excluding carboxylic acids is 2. The number of piperidine rings is 1. The molecule has 5 nitrogen and oxygen atoms in total. The average Bonchev–Trinajstić information content (AvgIpc) is 3.02. The molecule has 2 amide bonds. The van der Waals surface area contributed by atoms with Crippen LogP contribution in [0.25, 0.3) is 10.4 Å². The number of nitrogens with zero attached hydrogens (tertiary/aromatic N) is 2. The number of rotatable bonds is 3. The fourth-order valence-corrected chi connectivity index (χ4v) is 4.51. The number of benzene rings is 1. The van der Waals surface area contributed by atoms with Gasteiger partial charge in [-0.2, -0.15) is 0 Å². The Morgan fingerprint density at radius 3 is 2.83 bits per heavy atom. The van der Waals surface area contributed by atoms with Crippen molar-refractivity contribution in [3.63, 3.8) is 0 Å². The SMILES string of the molecule is Cc1nc(C(=O)N2C[C@H]3C[C@H]3[C@H]2C(N)=O)c(-c2ccccc2F)s1. The van der Waals surface area contributed by atoms with Crippen molar-refractivity contribution in [1.82, 2.24) is 9.88 Å². The third-order valence-electron chi connectivity index (χ3n) is 4.76. The second-order valence-corrected chi connectivity index (χ2v) is 7.56. The molecule has 124 valence electrons. The van der Waals surface area contributed by atoms with Crippen LogP contribution in [-0.4, -0.2) is 34.3 Å². The lowest BCUT2D eigenvalue weighted by Gasteiger charge is -2.24. The minimum atomic E-state index is -0.571. The molecule has 3 atom stereocenters. The van der Waals surface area contributed by atoms with E-state index >= 15 is 0 Å². The lowest BCUT2D eigenvalue weighted by Crippen LogP contribution is -2.46. The first-order valence-corrected chi connectivity index (χ1v) is 8.61. The largest absolute Gasteiger partial charge is 0.368 e. The van der Waals surface area contributed by atoms with Crippen LogP contribution in [0.2, 0.25) is 0 Å². The van der Waals surface area contributed by atoms with Gasteiger partial charge in [0.1, 0.15) is 17.6 Å². The summed E-state index contributed by atoms with van der Waals surface area (Å²) in [4.78, 5) is 31.1. The summed E-state index contributed by atoms with van der Waals surface area (Å²) >= 11 is 1.28. The number of nitrogens with two attached hydrogens (primary N) is 1. The molecule has 0 bridgehead atoms. The first-order chi connectivity index (χ1) is 11.5. The zero-order valence-electron chi connectivity index (χ0n) is 13.0. The Kier molecular flexibility index (Phi) is 3.42. The molecule has 4 rings (SSSR count). The Labute approximate surface area is 142 Å². The highest BCUT2D eigenvalue weighted by atomic mass is 32.1. The third kappa shape index (κ3) is 2.31. The van der Waals surface area contributed by atoms with E-state index in [1.165, 1.54) is 22.3 Å². The smallest absolute Gasteiger partial charge is 0.274 e. The number of aromatic nitrogens is 1. The molecule has 7 heteroatoms. The van der Waals surface area contributed by atoms with Crippen molar-refractivity contribution in [2.24, 2.45) is 17.6 Å². The van der Waals surface area contributed by atoms with E-state index in [-0.39, 0.29) is 17.5 Å². The Morgan fingerprint density at radius 2 is 2.12 bits per heavy atom. The highest BCUT2D eigenvalue weighted by Gasteiger charge is 2.56. The van der Waals surface area contributed by atoms with Crippen LogP contribution in [0, 0.1) is 24.6 Å². The van der Waals surface area contributed by atoms with Gasteiger partial charge < -0.3 is 10.6 Å². The van der Waals surface area contributed by atoms with Crippen molar-refractivity contribution in [3.8, 4) is 10.4 Å². The molecule has 0 radical (unpaired) electrons. The number of carbonyl (C=O) groups is 2. The van der Waals surface area contributed by atoms with Crippen molar-refractivity contribution in [2.75, 3.05) is 6.54 Å². The first-order valence-electron chi connectivity index (χ1n) is 7.80. The number of amides is 2. The van der Waals surface area contributed by atoms with E-state index in [4.69, 9.17) is 5.73 Å². The molecule has 2 heterocycles. The second kappa shape index (κ2) is 5.37. The number of primary amides is 1. The normalized spacial score (nSPS) is 24.8. The molecular weight excluding hydrogens is 329 g/mol. The number of thiazole rings is 1. The maximum atomic E-state index is 14.2. The van der Waals surface area contributed by atoms with Crippen molar-refractivity contribution in [3.05, 3.63) is 40.8 Å². The summed E-state index contributed by atoms with van der Waals surface area (Å²) in [6.45, 7) is 2.29. The van der Waals surface area contributed by atoms with Crippen LogP contribution in [0.5, 0.6) is 0 Å². The summed E-state index contributed by atoms with van der Waals surface area (Å²) in [5, 5.41) is 0.677. The predicted octanol–water partition coefficient (Wildman–Crippen LogP) is 2.20. The Hall–Kier alpha value is -2.28. The van der Waals surface area contributed by atoms with Gasteiger partial charge in [-0.05, 0) is 31.2 Å². The van der Waals surface area contributed by atoms with Gasteiger partial charge in [0.25, 0.3) is 5.91 Å². The molecule has 1 saturated heterocycles. The monoisotopic (exact) mass is 345 g/mol. The van der Waals surface area contributed by atoms with Crippen molar-refractivity contribution in [2.45, 2.75) is 19.4 Å². The Morgan fingerprint density at radius 1 is 1.38 bits per heavy atom. The summed E-state index contributed by atoms with van der Waals surface area (Å²) < 4.78 is 14.2. The Balaban J connectivity index is 1.74. The van der Waals surface area contributed by atoms with Crippen LogP contribution in [0.15, 0.2) is 24.3 Å². The van der Waals surface area contributed by atoms with Gasteiger partial charge in [-0.25, -0.2) is 9.37 Å². The van der Waals surface area contributed by atoms with E-state index in [9.17, 15) is 14.0 Å². The zero-order valence-corrected chi connectivity index (χ0v) is 13.8. The van der Waals surface area contributed by atoms with Crippen molar-refractivity contribution < 1.29 is 14.0 Å². The van der Waals surface area contributed by atoms with Gasteiger partial charge in [0.15, 0.2) is 0 Å². The molecule has 0 unspecified atom stereocenters. The molecule has 1 aromatic heterocycles. The standard InChI is InChI=1S/C17H16FN3O2S/c1-8-20-13(15(24-8)10-4-2-3-5-12(10)18)17(23)21-7-9-6-11(9)14(21)16(19)22/h2-5,9,11,14H,6-7H2,1H3,(H2,19,22)/t9-,11-,14+/m1/s1. The maximum Gasteiger partial charge on any atom is 0.274 e. The minimum absolute atomic E-state index is 0.170. The van der Waals surface area contributed by atoms with Crippen molar-refractivity contribution in [1.29, 1.82) is 0 Å². The number of hydrogen-bond donors (Lipinski definition) is 1. The number of halogens is 1. The molecule has 24 heavy (non-hydrogen) atoms. The summed E-state index contributed by atoms with van der Waals surface area (Å²) in [7, 11) is 0. The summed E-state index contributed by atoms with van der Waals surface area (Å²) in [6.07, 6.45) is 0.938. The van der Waals surface area contributed by atoms with Gasteiger partial charge in [-0.3, -0.25) is 9.59 Å². The van der Waals surface area contributed by atoms with Crippen LogP contribution in [0.1, 0.15) is 21.9 Å². The van der Waals surface area contributed by atoms with Crippen LogP contribution in [-0.2, 0) is 4.79 Å². The molecule has 2 fully saturated rings. The van der Waals surface area contributed by atoms with E-state index in [1.54, 1.807) is 25.1 Å². The number of hydrogen-bond acceptors (Lipinski definition) is 4. The van der Waals surface area contributed by atoms with Crippen LogP contribution in [0.4, 0.5) is 4.39 Å². The second-order valence-electron chi connectivity index (χ2n) is 6.35. The van der Waals surface area contributed by atoms with E-state index in [1.807, 2.05) is 0 Å². The van der Waals surface area contributed by atoms with Gasteiger partial charge in [0.2, 0.25) is 5.91 Å². The summed E-state index contributed by atoms with van der Waals surface area (Å²) in [5.41, 5.74) is 6.05. The molecule has 1 aliphatic heterocycles. The molecule has 1 aliphatic carbocycles.